The number of Topliss-reactive ketones (excluding diaryl/α,β-unsaturated/α-hetero) is 1. The van der Waals surface area contributed by atoms with Crippen molar-refractivity contribution in [3.05, 3.63) is 29.1 Å². The van der Waals surface area contributed by atoms with Gasteiger partial charge in [0.1, 0.15) is 17.7 Å². The van der Waals surface area contributed by atoms with Crippen molar-refractivity contribution in [1.29, 1.82) is 0 Å². The van der Waals surface area contributed by atoms with Crippen LogP contribution in [0.3, 0.4) is 0 Å². The fraction of sp³-hybridized carbons (Fsp3) is 0.111. The molecule has 0 saturated carbocycles. The highest BCUT2D eigenvalue weighted by Crippen LogP contribution is 2.03. The summed E-state index contributed by atoms with van der Waals surface area (Å²) in [6.07, 6.45) is 1.07. The first-order valence-corrected chi connectivity index (χ1v) is 3.60. The van der Waals surface area contributed by atoms with E-state index in [-0.39, 0.29) is 22.7 Å². The zero-order chi connectivity index (χ0) is 9.84. The van der Waals surface area contributed by atoms with Crippen molar-refractivity contribution in [2.75, 3.05) is 0 Å². The molecule has 1 heterocycles. The minimum atomic E-state index is -0.271. The number of pyridine rings is 1. The van der Waals surface area contributed by atoms with E-state index in [0.29, 0.717) is 12.6 Å². The molecule has 4 nitrogen and oxygen atoms in total. The van der Waals surface area contributed by atoms with Crippen molar-refractivity contribution < 1.29 is 14.4 Å². The lowest BCUT2D eigenvalue weighted by molar-refractivity contribution is 0.101. The summed E-state index contributed by atoms with van der Waals surface area (Å²) in [6.45, 7) is 1.32. The highest BCUT2D eigenvalue weighted by atomic mass is 16.1. The molecule has 1 aromatic rings. The van der Waals surface area contributed by atoms with E-state index in [0.717, 1.165) is 0 Å². The molecule has 0 aromatic carbocycles. The first-order chi connectivity index (χ1) is 6.17. The molecule has 0 atom stereocenters. The lowest BCUT2D eigenvalue weighted by Crippen LogP contribution is -2.01. The van der Waals surface area contributed by atoms with Crippen LogP contribution in [0.4, 0.5) is 0 Å². The van der Waals surface area contributed by atoms with E-state index in [2.05, 4.69) is 4.98 Å². The number of hydrogen-bond acceptors (Lipinski definition) is 4. The highest BCUT2D eigenvalue weighted by Gasteiger charge is 2.05. The maximum Gasteiger partial charge on any atom is 0.178 e. The summed E-state index contributed by atoms with van der Waals surface area (Å²) in [7, 11) is 0. The number of hydrogen-bond donors (Lipinski definition) is 0. The van der Waals surface area contributed by atoms with Crippen molar-refractivity contribution in [2.24, 2.45) is 0 Å². The Bertz CT molecular complexity index is 345. The second-order valence-corrected chi connectivity index (χ2v) is 2.50. The van der Waals surface area contributed by atoms with Gasteiger partial charge in [-0.1, -0.05) is 0 Å². The summed E-state index contributed by atoms with van der Waals surface area (Å²) in [6, 6.07) is 2.68. The molecule has 13 heavy (non-hydrogen) atoms. The van der Waals surface area contributed by atoms with E-state index in [4.69, 9.17) is 0 Å². The van der Waals surface area contributed by atoms with Crippen LogP contribution in [-0.4, -0.2) is 23.3 Å². The third kappa shape index (κ3) is 2.05. The van der Waals surface area contributed by atoms with Gasteiger partial charge in [0.25, 0.3) is 0 Å². The normalized spacial score (nSPS) is 9.31. The van der Waals surface area contributed by atoms with Gasteiger partial charge in [-0.3, -0.25) is 14.4 Å². The third-order valence-electron chi connectivity index (χ3n) is 1.49. The average molecular weight is 177 g/mol. The largest absolute Gasteiger partial charge is 0.298 e. The van der Waals surface area contributed by atoms with Crippen LogP contribution < -0.4 is 0 Å². The second kappa shape index (κ2) is 3.71. The van der Waals surface area contributed by atoms with Gasteiger partial charge < -0.3 is 0 Å². The number of carbonyl (C=O) groups is 3. The summed E-state index contributed by atoms with van der Waals surface area (Å²) >= 11 is 0. The van der Waals surface area contributed by atoms with Crippen LogP contribution in [0.15, 0.2) is 12.1 Å². The Morgan fingerprint density at radius 1 is 1.31 bits per heavy atom. The van der Waals surface area contributed by atoms with E-state index >= 15 is 0 Å². The quantitative estimate of drug-likeness (QED) is 0.508. The Hall–Kier alpha value is -1.84. The molecule has 0 unspecified atom stereocenters. The fourth-order valence-corrected chi connectivity index (χ4v) is 0.883. The van der Waals surface area contributed by atoms with Crippen LogP contribution in [0.2, 0.25) is 0 Å². The van der Waals surface area contributed by atoms with E-state index in [1.54, 1.807) is 0 Å². The Kier molecular flexibility index (Phi) is 2.64. The summed E-state index contributed by atoms with van der Waals surface area (Å²) in [4.78, 5) is 35.4. The number of aromatic nitrogens is 1. The van der Waals surface area contributed by atoms with Gasteiger partial charge >= 0.3 is 0 Å². The zero-order valence-corrected chi connectivity index (χ0v) is 6.98. The van der Waals surface area contributed by atoms with E-state index in [9.17, 15) is 14.4 Å². The van der Waals surface area contributed by atoms with Crippen LogP contribution in [0.5, 0.6) is 0 Å². The Labute approximate surface area is 74.6 Å². The van der Waals surface area contributed by atoms with E-state index < -0.39 is 0 Å². The van der Waals surface area contributed by atoms with Gasteiger partial charge in [-0.15, -0.1) is 0 Å². The standard InChI is InChI=1S/C9H7NO3/c1-6(13)9-3-7(4-11)2-8(5-12)10-9/h2-5H,1H3. The summed E-state index contributed by atoms with van der Waals surface area (Å²) < 4.78 is 0. The topological polar surface area (TPSA) is 64.1 Å². The minimum absolute atomic E-state index is 0.0924. The lowest BCUT2D eigenvalue weighted by Gasteiger charge is -1.97. The Morgan fingerprint density at radius 2 is 2.00 bits per heavy atom. The maximum absolute atomic E-state index is 10.9. The second-order valence-electron chi connectivity index (χ2n) is 2.50. The van der Waals surface area contributed by atoms with Crippen molar-refractivity contribution in [3.8, 4) is 0 Å². The predicted octanol–water partition coefficient (Wildman–Crippen LogP) is 0.909. The maximum atomic E-state index is 10.9. The molecule has 0 bridgehead atoms. The number of aldehydes is 2. The first-order valence-electron chi connectivity index (χ1n) is 3.60. The monoisotopic (exact) mass is 177 g/mol. The van der Waals surface area contributed by atoms with Crippen LogP contribution in [0, 0.1) is 0 Å². The van der Waals surface area contributed by atoms with Crippen molar-refractivity contribution in [1.82, 2.24) is 4.98 Å². The van der Waals surface area contributed by atoms with Crippen molar-refractivity contribution in [3.63, 3.8) is 0 Å². The SMILES string of the molecule is CC(=O)c1cc(C=O)cc(C=O)n1. The molecule has 1 rings (SSSR count). The molecule has 0 radical (unpaired) electrons. The van der Waals surface area contributed by atoms with Gasteiger partial charge in [0, 0.05) is 12.5 Å². The summed E-state index contributed by atoms with van der Waals surface area (Å²) in [5.74, 6) is -0.271. The average Bonchev–Trinajstić information content (AvgIpc) is 2.16. The molecule has 0 aliphatic carbocycles. The number of rotatable bonds is 3. The van der Waals surface area contributed by atoms with Crippen LogP contribution in [0.1, 0.15) is 38.3 Å². The molecule has 0 N–H and O–H groups in total. The van der Waals surface area contributed by atoms with Crippen molar-refractivity contribution >= 4 is 18.4 Å². The van der Waals surface area contributed by atoms with Gasteiger partial charge in [-0.05, 0) is 12.1 Å². The van der Waals surface area contributed by atoms with Crippen LogP contribution in [0.25, 0.3) is 0 Å². The van der Waals surface area contributed by atoms with E-state index in [1.807, 2.05) is 0 Å². The predicted molar refractivity (Wildman–Crippen MR) is 45.0 cm³/mol. The highest BCUT2D eigenvalue weighted by molar-refractivity contribution is 5.94. The molecule has 66 valence electrons. The Balaban J connectivity index is 3.30. The molecular formula is C9H7NO3. The number of ketones is 1. The molecule has 0 spiro atoms. The number of nitrogens with zero attached hydrogens (tertiary/aromatic N) is 1. The van der Waals surface area contributed by atoms with Gasteiger partial charge in [-0.2, -0.15) is 0 Å². The molecule has 1 aromatic heterocycles. The van der Waals surface area contributed by atoms with Gasteiger partial charge in [0.15, 0.2) is 12.1 Å². The fourth-order valence-electron chi connectivity index (χ4n) is 0.883. The minimum Gasteiger partial charge on any atom is -0.298 e. The molecule has 0 saturated heterocycles. The zero-order valence-electron chi connectivity index (χ0n) is 6.98. The molecule has 0 aliphatic rings. The summed E-state index contributed by atoms with van der Waals surface area (Å²) in [5.41, 5.74) is 0.504. The van der Waals surface area contributed by atoms with Gasteiger partial charge in [-0.25, -0.2) is 4.98 Å². The van der Waals surface area contributed by atoms with E-state index in [1.165, 1.54) is 19.1 Å². The van der Waals surface area contributed by atoms with Crippen LogP contribution in [-0.2, 0) is 0 Å². The Morgan fingerprint density at radius 3 is 2.46 bits per heavy atom. The van der Waals surface area contributed by atoms with Crippen LogP contribution >= 0.6 is 0 Å². The number of carbonyl (C=O) groups excluding carboxylic acids is 3. The molecule has 0 amide bonds. The molecule has 0 fully saturated rings. The lowest BCUT2D eigenvalue weighted by atomic mass is 10.2. The molecule has 4 heteroatoms. The summed E-state index contributed by atoms with van der Waals surface area (Å²) in [5, 5.41) is 0. The van der Waals surface area contributed by atoms with Crippen molar-refractivity contribution in [2.45, 2.75) is 6.92 Å². The molecular weight excluding hydrogens is 170 g/mol. The first kappa shape index (κ1) is 9.25. The third-order valence-corrected chi connectivity index (χ3v) is 1.49. The van der Waals surface area contributed by atoms with Gasteiger partial charge in [0.2, 0.25) is 0 Å². The molecule has 0 aliphatic heterocycles. The van der Waals surface area contributed by atoms with Gasteiger partial charge in [0.05, 0.1) is 0 Å². The smallest absolute Gasteiger partial charge is 0.178 e.